The number of pyridine rings is 1. The highest BCUT2D eigenvalue weighted by Gasteiger charge is 2.20. The van der Waals surface area contributed by atoms with Crippen molar-refractivity contribution >= 4 is 16.5 Å². The van der Waals surface area contributed by atoms with Crippen LogP contribution in [0.1, 0.15) is 11.1 Å². The van der Waals surface area contributed by atoms with Crippen LogP contribution in [0.2, 0.25) is 0 Å². The van der Waals surface area contributed by atoms with Gasteiger partial charge in [-0.25, -0.2) is 0 Å². The predicted octanol–water partition coefficient (Wildman–Crippen LogP) is 3.76. The van der Waals surface area contributed by atoms with Gasteiger partial charge in [0, 0.05) is 36.6 Å². The van der Waals surface area contributed by atoms with Crippen molar-refractivity contribution in [2.24, 2.45) is 0 Å². The SMILES string of the molecule is c1cncc(CN2Cc3cccc4cccc2c34)c1. The van der Waals surface area contributed by atoms with Gasteiger partial charge in [0.1, 0.15) is 0 Å². The lowest BCUT2D eigenvalue weighted by Crippen LogP contribution is -2.17. The number of anilines is 1. The normalized spacial score (nSPS) is 13.2. The number of nitrogens with zero attached hydrogens (tertiary/aromatic N) is 2. The summed E-state index contributed by atoms with van der Waals surface area (Å²) in [5, 5.41) is 2.75. The summed E-state index contributed by atoms with van der Waals surface area (Å²) in [6.45, 7) is 1.91. The molecular weight excluding hydrogens is 232 g/mol. The van der Waals surface area contributed by atoms with Crippen molar-refractivity contribution in [3.05, 3.63) is 72.1 Å². The summed E-state index contributed by atoms with van der Waals surface area (Å²) >= 11 is 0. The van der Waals surface area contributed by atoms with Gasteiger partial charge in [-0.05, 0) is 28.6 Å². The summed E-state index contributed by atoms with van der Waals surface area (Å²) in [5.41, 5.74) is 4.03. The van der Waals surface area contributed by atoms with Crippen molar-refractivity contribution in [3.63, 3.8) is 0 Å². The van der Waals surface area contributed by atoms with Crippen LogP contribution in [-0.2, 0) is 13.1 Å². The van der Waals surface area contributed by atoms with E-state index >= 15 is 0 Å². The van der Waals surface area contributed by atoms with Crippen LogP contribution in [-0.4, -0.2) is 4.98 Å². The second kappa shape index (κ2) is 4.09. The number of hydrogen-bond acceptors (Lipinski definition) is 2. The van der Waals surface area contributed by atoms with Crippen molar-refractivity contribution < 1.29 is 0 Å². The lowest BCUT2D eigenvalue weighted by atomic mass is 10.1. The highest BCUT2D eigenvalue weighted by atomic mass is 15.1. The van der Waals surface area contributed by atoms with Crippen molar-refractivity contribution in [3.8, 4) is 0 Å². The minimum atomic E-state index is 0.918. The van der Waals surface area contributed by atoms with E-state index in [-0.39, 0.29) is 0 Å². The molecule has 0 aliphatic carbocycles. The molecule has 2 nitrogen and oxygen atoms in total. The molecule has 0 saturated heterocycles. The van der Waals surface area contributed by atoms with Gasteiger partial charge in [0.2, 0.25) is 0 Å². The first-order valence-electron chi connectivity index (χ1n) is 6.56. The van der Waals surface area contributed by atoms with Crippen LogP contribution in [0.4, 0.5) is 5.69 Å². The van der Waals surface area contributed by atoms with Gasteiger partial charge >= 0.3 is 0 Å². The predicted molar refractivity (Wildman–Crippen MR) is 78.1 cm³/mol. The van der Waals surface area contributed by atoms with Gasteiger partial charge in [-0.15, -0.1) is 0 Å². The molecule has 0 saturated carbocycles. The Balaban J connectivity index is 1.77. The summed E-state index contributed by atoms with van der Waals surface area (Å²) in [7, 11) is 0. The maximum atomic E-state index is 4.20. The van der Waals surface area contributed by atoms with Crippen molar-refractivity contribution in [2.45, 2.75) is 13.1 Å². The second-order valence-electron chi connectivity index (χ2n) is 5.01. The highest BCUT2D eigenvalue weighted by Crippen LogP contribution is 2.37. The Morgan fingerprint density at radius 3 is 2.74 bits per heavy atom. The van der Waals surface area contributed by atoms with E-state index in [1.54, 1.807) is 0 Å². The lowest BCUT2D eigenvalue weighted by molar-refractivity contribution is 0.823. The zero-order chi connectivity index (χ0) is 12.7. The van der Waals surface area contributed by atoms with Crippen LogP contribution in [0.15, 0.2) is 60.9 Å². The summed E-state index contributed by atoms with van der Waals surface area (Å²) in [6, 6.07) is 17.3. The minimum absolute atomic E-state index is 0.918. The van der Waals surface area contributed by atoms with Crippen molar-refractivity contribution in [1.82, 2.24) is 4.98 Å². The van der Waals surface area contributed by atoms with Crippen LogP contribution >= 0.6 is 0 Å². The number of aromatic nitrogens is 1. The topological polar surface area (TPSA) is 16.1 Å². The first-order valence-corrected chi connectivity index (χ1v) is 6.56. The van der Waals surface area contributed by atoms with Crippen LogP contribution < -0.4 is 4.90 Å². The van der Waals surface area contributed by atoms with E-state index in [1.165, 1.54) is 27.6 Å². The fourth-order valence-corrected chi connectivity index (χ4v) is 2.94. The van der Waals surface area contributed by atoms with Crippen molar-refractivity contribution in [2.75, 3.05) is 4.90 Å². The molecule has 0 radical (unpaired) electrons. The Morgan fingerprint density at radius 1 is 1.00 bits per heavy atom. The second-order valence-corrected chi connectivity index (χ2v) is 5.01. The molecule has 3 aromatic rings. The van der Waals surface area contributed by atoms with Gasteiger partial charge in [-0.1, -0.05) is 36.4 Å². The molecule has 0 atom stereocenters. The van der Waals surface area contributed by atoms with E-state index in [4.69, 9.17) is 0 Å². The van der Waals surface area contributed by atoms with E-state index < -0.39 is 0 Å². The third kappa shape index (κ3) is 1.68. The molecule has 1 aliphatic rings. The summed E-state index contributed by atoms with van der Waals surface area (Å²) in [5.74, 6) is 0. The molecule has 0 unspecified atom stereocenters. The van der Waals surface area contributed by atoms with E-state index in [1.807, 2.05) is 18.5 Å². The first kappa shape index (κ1) is 10.6. The summed E-state index contributed by atoms with van der Waals surface area (Å²) < 4.78 is 0. The zero-order valence-electron chi connectivity index (χ0n) is 10.6. The van der Waals surface area contributed by atoms with E-state index in [0.717, 1.165) is 13.1 Å². The Hall–Kier alpha value is -2.35. The number of benzene rings is 2. The number of rotatable bonds is 2. The summed E-state index contributed by atoms with van der Waals surface area (Å²) in [4.78, 5) is 6.62. The molecule has 1 aromatic heterocycles. The Morgan fingerprint density at radius 2 is 1.89 bits per heavy atom. The number of hydrogen-bond donors (Lipinski definition) is 0. The molecule has 4 rings (SSSR count). The van der Waals surface area contributed by atoms with Gasteiger partial charge in [0.05, 0.1) is 0 Å². The van der Waals surface area contributed by atoms with Crippen LogP contribution in [0.5, 0.6) is 0 Å². The quantitative estimate of drug-likeness (QED) is 0.684. The van der Waals surface area contributed by atoms with E-state index in [2.05, 4.69) is 52.3 Å². The molecule has 0 bridgehead atoms. The monoisotopic (exact) mass is 246 g/mol. The molecule has 0 amide bonds. The molecule has 19 heavy (non-hydrogen) atoms. The molecular formula is C17H14N2. The Kier molecular flexibility index (Phi) is 2.27. The standard InChI is InChI=1S/C17H14N2/c1-5-14-6-2-8-16-17(14)15(7-1)12-19(16)11-13-4-3-9-18-10-13/h1-10H,11-12H2. The van der Waals surface area contributed by atoms with Gasteiger partial charge < -0.3 is 4.90 Å². The van der Waals surface area contributed by atoms with Crippen LogP contribution in [0, 0.1) is 0 Å². The molecule has 0 N–H and O–H groups in total. The maximum Gasteiger partial charge on any atom is 0.0455 e. The van der Waals surface area contributed by atoms with Gasteiger partial charge in [-0.3, -0.25) is 4.98 Å². The average molecular weight is 246 g/mol. The van der Waals surface area contributed by atoms with Gasteiger partial charge in [0.15, 0.2) is 0 Å². The molecule has 2 heterocycles. The van der Waals surface area contributed by atoms with Crippen LogP contribution in [0.3, 0.4) is 0 Å². The van der Waals surface area contributed by atoms with Gasteiger partial charge in [0.25, 0.3) is 0 Å². The first-order chi connectivity index (χ1) is 9.42. The largest absolute Gasteiger partial charge is 0.362 e. The minimum Gasteiger partial charge on any atom is -0.362 e. The summed E-state index contributed by atoms with van der Waals surface area (Å²) in [6.07, 6.45) is 3.77. The Bertz CT molecular complexity index is 729. The molecule has 2 heteroatoms. The molecule has 0 fully saturated rings. The Labute approximate surface area is 112 Å². The third-order valence-corrected chi connectivity index (χ3v) is 3.77. The molecule has 2 aromatic carbocycles. The highest BCUT2D eigenvalue weighted by molar-refractivity contribution is 5.99. The average Bonchev–Trinajstić information content (AvgIpc) is 2.81. The van der Waals surface area contributed by atoms with Crippen LogP contribution in [0.25, 0.3) is 10.8 Å². The smallest absolute Gasteiger partial charge is 0.0455 e. The fraction of sp³-hybridized carbons (Fsp3) is 0.118. The molecule has 92 valence electrons. The van der Waals surface area contributed by atoms with Crippen molar-refractivity contribution in [1.29, 1.82) is 0 Å². The van der Waals surface area contributed by atoms with E-state index in [9.17, 15) is 0 Å². The van der Waals surface area contributed by atoms with E-state index in [0.29, 0.717) is 0 Å². The fourth-order valence-electron chi connectivity index (χ4n) is 2.94. The molecule has 1 aliphatic heterocycles. The lowest BCUT2D eigenvalue weighted by Gasteiger charge is -2.19. The maximum absolute atomic E-state index is 4.20. The third-order valence-electron chi connectivity index (χ3n) is 3.77. The molecule has 0 spiro atoms. The van der Waals surface area contributed by atoms with Gasteiger partial charge in [-0.2, -0.15) is 0 Å². The zero-order valence-corrected chi connectivity index (χ0v) is 10.6.